The van der Waals surface area contributed by atoms with E-state index in [1.54, 1.807) is 4.90 Å². The van der Waals surface area contributed by atoms with Gasteiger partial charge in [0, 0.05) is 39.1 Å². The number of unbranched alkanes of at least 4 members (excludes halogenated alkanes) is 17. The first-order chi connectivity index (χ1) is 23.1. The number of aliphatic hydroxyl groups is 5. The van der Waals surface area contributed by atoms with Crippen molar-refractivity contribution in [3.05, 3.63) is 0 Å². The number of aliphatic hydroxyl groups excluding tert-OH is 5. The van der Waals surface area contributed by atoms with Gasteiger partial charge in [0.2, 0.25) is 0 Å². The van der Waals surface area contributed by atoms with E-state index in [2.05, 4.69) is 23.3 Å². The summed E-state index contributed by atoms with van der Waals surface area (Å²) in [6.07, 6.45) is 23.3. The predicted octanol–water partition coefficient (Wildman–Crippen LogP) is 4.54. The molecule has 0 aliphatic rings. The Bertz CT molecular complexity index is 672. The molecule has 0 fully saturated rings. The number of carboxylic acid groups (broad SMARTS) is 1. The zero-order chi connectivity index (χ0) is 37.0. The van der Waals surface area contributed by atoms with Crippen LogP contribution in [0.1, 0.15) is 142 Å². The maximum absolute atomic E-state index is 10.2. The average Bonchev–Trinajstić information content (AvgIpc) is 3.04. The first-order valence-electron chi connectivity index (χ1n) is 18.4. The Hall–Kier alpha value is -0.940. The van der Waals surface area contributed by atoms with Gasteiger partial charge in [0.25, 0.3) is 0 Å². The summed E-state index contributed by atoms with van der Waals surface area (Å²) in [5.41, 5.74) is 0. The van der Waals surface area contributed by atoms with Crippen LogP contribution in [-0.4, -0.2) is 127 Å². The molecule has 0 amide bonds. The minimum atomic E-state index is -4.23. The quantitative estimate of drug-likeness (QED) is 0.0354. The van der Waals surface area contributed by atoms with E-state index < -0.39 is 16.4 Å². The summed E-state index contributed by atoms with van der Waals surface area (Å²) >= 11 is 0. The van der Waals surface area contributed by atoms with Gasteiger partial charge in [-0.05, 0) is 12.8 Å². The summed E-state index contributed by atoms with van der Waals surface area (Å²) in [5, 5.41) is 53.0. The number of hydrogen-bond acceptors (Lipinski definition) is 11. The molecule has 0 aromatic heterocycles. The fraction of sp³-hybridized carbons (Fsp3) is 0.971. The zero-order valence-electron chi connectivity index (χ0n) is 30.5. The second kappa shape index (κ2) is 48.2. The van der Waals surface area contributed by atoms with Crippen molar-refractivity contribution >= 4 is 16.4 Å². The monoisotopic (exact) mass is 721 g/mol. The number of carboxylic acids is 1. The van der Waals surface area contributed by atoms with Crippen LogP contribution in [0.25, 0.3) is 0 Å². The predicted molar refractivity (Wildman–Crippen MR) is 194 cm³/mol. The normalized spacial score (nSPS) is 10.9. The molecule has 0 saturated heterocycles. The van der Waals surface area contributed by atoms with Crippen molar-refractivity contribution in [3.8, 4) is 0 Å². The minimum absolute atomic E-state index is 0.0694. The molecule has 0 aromatic carbocycles. The van der Waals surface area contributed by atoms with Gasteiger partial charge in [0.05, 0.1) is 39.6 Å². The second-order valence-corrected chi connectivity index (χ2v) is 12.7. The number of carbonyl (C=O) groups is 1. The van der Waals surface area contributed by atoms with E-state index in [0.717, 1.165) is 25.7 Å². The highest BCUT2D eigenvalue weighted by molar-refractivity contribution is 7.80. The molecule has 0 heterocycles. The maximum atomic E-state index is 10.2. The first-order valence-corrected chi connectivity index (χ1v) is 19.8. The van der Waals surface area contributed by atoms with E-state index in [0.29, 0.717) is 45.6 Å². The van der Waals surface area contributed by atoms with E-state index in [1.165, 1.54) is 89.9 Å². The van der Waals surface area contributed by atoms with Crippen molar-refractivity contribution in [1.29, 1.82) is 0 Å². The summed E-state index contributed by atoms with van der Waals surface area (Å²) in [5.74, 6) is -0.659. The van der Waals surface area contributed by atoms with Crippen LogP contribution in [0, 0.1) is 0 Å². The van der Waals surface area contributed by atoms with Gasteiger partial charge >= 0.3 is 16.4 Å². The molecule has 0 atom stereocenters. The number of rotatable bonds is 32. The number of nitrogens with zero attached hydrogens (tertiary/aromatic N) is 1. The van der Waals surface area contributed by atoms with Gasteiger partial charge in [-0.1, -0.05) is 123 Å². The number of hydrogen-bond donors (Lipinski definition) is 8. The van der Waals surface area contributed by atoms with Crippen LogP contribution in [-0.2, 0) is 19.4 Å². The van der Waals surface area contributed by atoms with Crippen LogP contribution in [0.4, 0.5) is 0 Å². The van der Waals surface area contributed by atoms with Crippen LogP contribution in [0.3, 0.4) is 0 Å². The highest BCUT2D eigenvalue weighted by Crippen LogP contribution is 2.11. The topological polar surface area (TPSA) is 217 Å². The third-order valence-corrected chi connectivity index (χ3v) is 7.51. The van der Waals surface area contributed by atoms with Gasteiger partial charge < -0.3 is 36.0 Å². The van der Waals surface area contributed by atoms with Crippen molar-refractivity contribution < 1.29 is 52.6 Å². The Morgan fingerprint density at radius 1 is 0.562 bits per heavy atom. The third-order valence-electron chi connectivity index (χ3n) is 7.05. The molecular weight excluding hydrogens is 644 g/mol. The van der Waals surface area contributed by atoms with Crippen molar-refractivity contribution in [1.82, 2.24) is 10.2 Å². The summed E-state index contributed by atoms with van der Waals surface area (Å²) in [6.45, 7) is 7.71. The second-order valence-electron chi connectivity index (χ2n) is 11.6. The lowest BCUT2D eigenvalue weighted by Gasteiger charge is -2.17. The molecule has 0 rings (SSSR count). The molecule has 13 nitrogen and oxygen atoms in total. The van der Waals surface area contributed by atoms with Crippen molar-refractivity contribution in [3.63, 3.8) is 0 Å². The summed E-state index contributed by atoms with van der Waals surface area (Å²) < 4.78 is 33.0. The van der Waals surface area contributed by atoms with Gasteiger partial charge in [0.1, 0.15) is 0 Å². The molecule has 0 unspecified atom stereocenters. The van der Waals surface area contributed by atoms with Gasteiger partial charge in [0.15, 0.2) is 0 Å². The lowest BCUT2D eigenvalue weighted by molar-refractivity contribution is -0.137. The van der Waals surface area contributed by atoms with Gasteiger partial charge in [-0.2, -0.15) is 8.42 Å². The average molecular weight is 721 g/mol. The molecule has 0 spiro atoms. The number of aliphatic carboxylic acids is 1. The molecule has 0 saturated carbocycles. The zero-order valence-corrected chi connectivity index (χ0v) is 31.4. The molecule has 0 bridgehead atoms. The third kappa shape index (κ3) is 63.7. The Kier molecular flexibility index (Phi) is 54.0. The fourth-order valence-corrected chi connectivity index (χ4v) is 4.71. The van der Waals surface area contributed by atoms with Crippen LogP contribution >= 0.6 is 0 Å². The molecule has 0 aliphatic carbocycles. The van der Waals surface area contributed by atoms with Crippen LogP contribution in [0.5, 0.6) is 0 Å². The molecule has 48 heavy (non-hydrogen) atoms. The lowest BCUT2D eigenvalue weighted by atomic mass is 10.1. The highest BCUT2D eigenvalue weighted by Gasteiger charge is 2.03. The van der Waals surface area contributed by atoms with E-state index in [4.69, 9.17) is 35.2 Å². The summed E-state index contributed by atoms with van der Waals surface area (Å²) in [4.78, 5) is 12.0. The van der Waals surface area contributed by atoms with Crippen molar-refractivity contribution in [2.45, 2.75) is 142 Å². The molecule has 0 aliphatic heterocycles. The van der Waals surface area contributed by atoms with Crippen LogP contribution in [0.2, 0.25) is 0 Å². The van der Waals surface area contributed by atoms with Crippen molar-refractivity contribution in [2.75, 3.05) is 72.4 Å². The standard InChI is InChI=1S/C12H26O4S.C12H24O2.C6H15NO3.C4H11NO2/c1-2-3-4-5-6-7-8-9-10-11-12-16-17(13,14)15;1-2-3-4-5-6-7-8-9-10-11-12(13)14;8-4-1-7(2-5-9)3-6-10;6-3-1-5-2-4-7/h2-12H2,1H3,(H,13,14,15);2-11H2,1H3,(H,13,14);8-10H,1-6H2;5-7H,1-4H2. The SMILES string of the molecule is CCCCCCCCCCCC(=O)O.CCCCCCCCCCCCOS(=O)(=O)O.OCCN(CCO)CCO.OCCNCCO. The molecule has 8 N–H and O–H groups in total. The molecule has 0 radical (unpaired) electrons. The smallest absolute Gasteiger partial charge is 0.397 e. The maximum Gasteiger partial charge on any atom is 0.397 e. The minimum Gasteiger partial charge on any atom is -0.481 e. The summed E-state index contributed by atoms with van der Waals surface area (Å²) in [7, 11) is -4.23. The Balaban J connectivity index is -0.000000282. The molecule has 14 heteroatoms. The molecular formula is C34H76N2O11S. The van der Waals surface area contributed by atoms with E-state index in [-0.39, 0.29) is 39.6 Å². The Labute approximate surface area is 293 Å². The van der Waals surface area contributed by atoms with E-state index >= 15 is 0 Å². The summed E-state index contributed by atoms with van der Waals surface area (Å²) in [6, 6.07) is 0. The van der Waals surface area contributed by atoms with Gasteiger partial charge in [-0.15, -0.1) is 0 Å². The highest BCUT2D eigenvalue weighted by atomic mass is 32.3. The molecule has 294 valence electrons. The lowest BCUT2D eigenvalue weighted by Crippen LogP contribution is -2.32. The largest absolute Gasteiger partial charge is 0.481 e. The van der Waals surface area contributed by atoms with Crippen LogP contribution in [0.15, 0.2) is 0 Å². The van der Waals surface area contributed by atoms with E-state index in [9.17, 15) is 13.2 Å². The molecule has 0 aromatic rings. The van der Waals surface area contributed by atoms with Gasteiger partial charge in [-0.3, -0.25) is 14.2 Å². The van der Waals surface area contributed by atoms with Crippen LogP contribution < -0.4 is 5.32 Å². The number of nitrogens with one attached hydrogen (secondary N) is 1. The Morgan fingerprint density at radius 3 is 1.19 bits per heavy atom. The fourth-order valence-electron chi connectivity index (χ4n) is 4.38. The Morgan fingerprint density at radius 2 is 0.896 bits per heavy atom. The van der Waals surface area contributed by atoms with Crippen molar-refractivity contribution in [2.24, 2.45) is 0 Å². The van der Waals surface area contributed by atoms with E-state index in [1.807, 2.05) is 0 Å². The first kappa shape index (κ1) is 53.8. The van der Waals surface area contributed by atoms with Gasteiger partial charge in [-0.25, -0.2) is 4.18 Å².